The summed E-state index contributed by atoms with van der Waals surface area (Å²) < 4.78 is 20.8. The number of nitrogens with two attached hydrogens (primary N) is 1. The van der Waals surface area contributed by atoms with Crippen molar-refractivity contribution in [1.29, 1.82) is 0 Å². The van der Waals surface area contributed by atoms with Crippen LogP contribution in [0.5, 0.6) is 0 Å². The molecule has 5 nitrogen and oxygen atoms in total. The van der Waals surface area contributed by atoms with Gasteiger partial charge in [0, 0.05) is 23.5 Å². The maximum absolute atomic E-state index is 13.9. The Morgan fingerprint density at radius 3 is 3.10 bits per heavy atom. The van der Waals surface area contributed by atoms with Gasteiger partial charge in [0.1, 0.15) is 12.4 Å². The number of aryl methyl sites for hydroxylation is 1. The Labute approximate surface area is 123 Å². The van der Waals surface area contributed by atoms with Crippen LogP contribution in [0, 0.1) is 12.7 Å². The number of hydrogen-bond donors (Lipinski definition) is 1. The van der Waals surface area contributed by atoms with Gasteiger partial charge >= 0.3 is 5.97 Å². The Hall–Kier alpha value is -2.41. The third kappa shape index (κ3) is 2.59. The molecular formula is C14H12FN3O2S. The second kappa shape index (κ2) is 5.17. The number of nitrogen functional groups attached to an aromatic ring is 1. The third-order valence-electron chi connectivity index (χ3n) is 2.99. The van der Waals surface area contributed by atoms with E-state index in [1.54, 1.807) is 13.1 Å². The van der Waals surface area contributed by atoms with Gasteiger partial charge in [0.2, 0.25) is 0 Å². The molecule has 0 spiro atoms. The lowest BCUT2D eigenvalue weighted by Gasteiger charge is -2.07. The smallest absolute Gasteiger partial charge is 0.341 e. The summed E-state index contributed by atoms with van der Waals surface area (Å²) in [7, 11) is 0. The van der Waals surface area contributed by atoms with Crippen LogP contribution in [0.15, 0.2) is 29.9 Å². The number of benzene rings is 1. The predicted octanol–water partition coefficient (Wildman–Crippen LogP) is 2.78. The van der Waals surface area contributed by atoms with Crippen molar-refractivity contribution in [3.05, 3.63) is 52.5 Å². The molecule has 0 bridgehead atoms. The Kier molecular flexibility index (Phi) is 3.34. The second-order valence-electron chi connectivity index (χ2n) is 4.60. The normalized spacial score (nSPS) is 11.0. The zero-order valence-electron chi connectivity index (χ0n) is 11.2. The Balaban J connectivity index is 1.76. The number of esters is 1. The fraction of sp³-hybridized carbons (Fsp3) is 0.143. The van der Waals surface area contributed by atoms with Gasteiger partial charge in [0.25, 0.3) is 0 Å². The van der Waals surface area contributed by atoms with Crippen molar-refractivity contribution in [2.75, 3.05) is 5.73 Å². The largest absolute Gasteiger partial charge is 0.455 e. The maximum Gasteiger partial charge on any atom is 0.341 e. The zero-order chi connectivity index (χ0) is 15.0. The highest BCUT2D eigenvalue weighted by molar-refractivity contribution is 7.15. The Morgan fingerprint density at radius 1 is 1.52 bits per heavy atom. The molecule has 3 rings (SSSR count). The molecule has 0 fully saturated rings. The van der Waals surface area contributed by atoms with Crippen LogP contribution in [0.2, 0.25) is 0 Å². The second-order valence-corrected chi connectivity index (χ2v) is 5.47. The predicted molar refractivity (Wildman–Crippen MR) is 77.7 cm³/mol. The van der Waals surface area contributed by atoms with E-state index in [0.717, 1.165) is 4.96 Å². The first kappa shape index (κ1) is 13.6. The minimum absolute atomic E-state index is 0.0134. The fourth-order valence-electron chi connectivity index (χ4n) is 2.01. The molecule has 7 heteroatoms. The van der Waals surface area contributed by atoms with Crippen LogP contribution < -0.4 is 5.73 Å². The van der Waals surface area contributed by atoms with Crippen molar-refractivity contribution in [2.24, 2.45) is 0 Å². The number of ether oxygens (including phenoxy) is 1. The molecule has 2 aromatic heterocycles. The molecule has 0 unspecified atom stereocenters. The molecule has 0 aliphatic heterocycles. The van der Waals surface area contributed by atoms with Gasteiger partial charge in [-0.05, 0) is 24.6 Å². The lowest BCUT2D eigenvalue weighted by molar-refractivity contribution is 0.0463. The van der Waals surface area contributed by atoms with E-state index in [1.807, 2.05) is 16.0 Å². The van der Waals surface area contributed by atoms with Crippen LogP contribution in [0.4, 0.5) is 10.1 Å². The van der Waals surface area contributed by atoms with E-state index in [1.165, 1.54) is 23.5 Å². The molecule has 3 aromatic rings. The van der Waals surface area contributed by atoms with Crippen LogP contribution in [0.1, 0.15) is 21.6 Å². The van der Waals surface area contributed by atoms with E-state index < -0.39 is 11.8 Å². The number of carbonyl (C=O) groups excluding carboxylic acids is 1. The van der Waals surface area contributed by atoms with Gasteiger partial charge in [0.15, 0.2) is 4.96 Å². The zero-order valence-corrected chi connectivity index (χ0v) is 12.0. The number of nitrogens with zero attached hydrogens (tertiary/aromatic N) is 2. The van der Waals surface area contributed by atoms with Crippen LogP contribution >= 0.6 is 11.3 Å². The molecule has 0 atom stereocenters. The highest BCUT2D eigenvalue weighted by Gasteiger charge is 2.16. The van der Waals surface area contributed by atoms with Crippen molar-refractivity contribution in [3.63, 3.8) is 0 Å². The van der Waals surface area contributed by atoms with Crippen LogP contribution in [-0.4, -0.2) is 15.4 Å². The fourth-order valence-corrected chi connectivity index (χ4v) is 2.73. The summed E-state index contributed by atoms with van der Waals surface area (Å²) in [4.78, 5) is 17.0. The molecule has 21 heavy (non-hydrogen) atoms. The molecule has 0 radical (unpaired) electrons. The summed E-state index contributed by atoms with van der Waals surface area (Å²) >= 11 is 1.48. The van der Waals surface area contributed by atoms with Crippen molar-refractivity contribution >= 4 is 28.0 Å². The molecule has 0 aliphatic rings. The van der Waals surface area contributed by atoms with E-state index in [-0.39, 0.29) is 12.2 Å². The van der Waals surface area contributed by atoms with Crippen LogP contribution in [0.3, 0.4) is 0 Å². The lowest BCUT2D eigenvalue weighted by Crippen LogP contribution is -2.09. The minimum Gasteiger partial charge on any atom is -0.455 e. The lowest BCUT2D eigenvalue weighted by atomic mass is 10.1. The quantitative estimate of drug-likeness (QED) is 0.597. The standard InChI is InChI=1S/C14H12FN3O2S/c1-8-4-9(16)5-11(12(8)15)13(19)20-7-10-6-18-2-3-21-14(18)17-10/h2-6H,7,16H2,1H3. The van der Waals surface area contributed by atoms with E-state index in [9.17, 15) is 9.18 Å². The summed E-state index contributed by atoms with van der Waals surface area (Å²) in [6.45, 7) is 1.53. The first-order chi connectivity index (χ1) is 10.0. The molecule has 2 N–H and O–H groups in total. The van der Waals surface area contributed by atoms with Gasteiger partial charge in [-0.25, -0.2) is 14.2 Å². The van der Waals surface area contributed by atoms with Gasteiger partial charge in [-0.2, -0.15) is 0 Å². The van der Waals surface area contributed by atoms with Gasteiger partial charge < -0.3 is 10.5 Å². The number of rotatable bonds is 3. The Morgan fingerprint density at radius 2 is 2.33 bits per heavy atom. The molecule has 0 saturated heterocycles. The SMILES string of the molecule is Cc1cc(N)cc(C(=O)OCc2cn3ccsc3n2)c1F. The van der Waals surface area contributed by atoms with Gasteiger partial charge in [0.05, 0.1) is 11.3 Å². The number of halogens is 1. The first-order valence-corrected chi connectivity index (χ1v) is 7.06. The highest BCUT2D eigenvalue weighted by Crippen LogP contribution is 2.19. The monoisotopic (exact) mass is 305 g/mol. The molecule has 0 amide bonds. The van der Waals surface area contributed by atoms with Crippen molar-refractivity contribution in [2.45, 2.75) is 13.5 Å². The molecular weight excluding hydrogens is 293 g/mol. The number of imidazole rings is 1. The van der Waals surface area contributed by atoms with Crippen molar-refractivity contribution < 1.29 is 13.9 Å². The number of fused-ring (bicyclic) bond motifs is 1. The number of carbonyl (C=O) groups is 1. The van der Waals surface area contributed by atoms with Gasteiger partial charge in [-0.1, -0.05) is 0 Å². The van der Waals surface area contributed by atoms with Crippen molar-refractivity contribution in [3.8, 4) is 0 Å². The van der Waals surface area contributed by atoms with Crippen molar-refractivity contribution in [1.82, 2.24) is 9.38 Å². The molecule has 2 heterocycles. The van der Waals surface area contributed by atoms with Crippen LogP contribution in [-0.2, 0) is 11.3 Å². The molecule has 0 aliphatic carbocycles. The van der Waals surface area contributed by atoms with E-state index >= 15 is 0 Å². The average molecular weight is 305 g/mol. The molecule has 1 aromatic carbocycles. The summed E-state index contributed by atoms with van der Waals surface area (Å²) in [5.41, 5.74) is 6.70. The first-order valence-electron chi connectivity index (χ1n) is 6.18. The Bertz CT molecular complexity index is 796. The van der Waals surface area contributed by atoms with E-state index in [4.69, 9.17) is 10.5 Å². The summed E-state index contributed by atoms with van der Waals surface area (Å²) in [5, 5.41) is 1.91. The summed E-state index contributed by atoms with van der Waals surface area (Å²) in [5.74, 6) is -1.36. The average Bonchev–Trinajstić information content (AvgIpc) is 3.01. The maximum atomic E-state index is 13.9. The molecule has 0 saturated carbocycles. The van der Waals surface area contributed by atoms with Gasteiger partial charge in [-0.3, -0.25) is 4.40 Å². The summed E-state index contributed by atoms with van der Waals surface area (Å²) in [6.07, 6.45) is 3.62. The van der Waals surface area contributed by atoms with Crippen LogP contribution in [0.25, 0.3) is 4.96 Å². The highest BCUT2D eigenvalue weighted by atomic mass is 32.1. The third-order valence-corrected chi connectivity index (χ3v) is 3.76. The number of hydrogen-bond acceptors (Lipinski definition) is 5. The van der Waals surface area contributed by atoms with E-state index in [0.29, 0.717) is 16.9 Å². The number of aromatic nitrogens is 2. The minimum atomic E-state index is -0.751. The van der Waals surface area contributed by atoms with Gasteiger partial charge in [-0.15, -0.1) is 11.3 Å². The number of anilines is 1. The van der Waals surface area contributed by atoms with E-state index in [2.05, 4.69) is 4.98 Å². The topological polar surface area (TPSA) is 69.6 Å². The molecule has 108 valence electrons. The number of thiazole rings is 1. The summed E-state index contributed by atoms with van der Waals surface area (Å²) in [6, 6.07) is 2.74.